The molecule has 0 atom stereocenters. The van der Waals surface area contributed by atoms with E-state index in [1.165, 1.54) is 11.3 Å². The molecule has 1 aromatic heterocycles. The molecule has 2 aromatic rings. The molecule has 1 heterocycles. The van der Waals surface area contributed by atoms with Crippen LogP contribution >= 0.6 is 11.3 Å². The van der Waals surface area contributed by atoms with E-state index in [4.69, 9.17) is 10.5 Å². The highest BCUT2D eigenvalue weighted by Crippen LogP contribution is 2.14. The van der Waals surface area contributed by atoms with Crippen LogP contribution in [-0.4, -0.2) is 29.3 Å². The third-order valence-electron chi connectivity index (χ3n) is 2.65. The number of nitrogens with one attached hydrogen (secondary N) is 1. The smallest absolute Gasteiger partial charge is 0.224 e. The second kappa shape index (κ2) is 7.70. The maximum atomic E-state index is 11.9. The summed E-state index contributed by atoms with van der Waals surface area (Å²) < 4.78 is 5.44. The predicted octanol–water partition coefficient (Wildman–Crippen LogP) is 1.04. The van der Waals surface area contributed by atoms with Crippen LogP contribution in [0.2, 0.25) is 0 Å². The molecular weight excluding hydrogens is 288 g/mol. The minimum atomic E-state index is -0.0566. The van der Waals surface area contributed by atoms with Crippen molar-refractivity contribution in [1.82, 2.24) is 15.5 Å². The van der Waals surface area contributed by atoms with Crippen LogP contribution in [0.4, 0.5) is 0 Å². The minimum absolute atomic E-state index is 0.0566. The fourth-order valence-electron chi connectivity index (χ4n) is 1.75. The molecular formula is C14H18N4O2S. The number of rotatable bonds is 7. The van der Waals surface area contributed by atoms with Crippen molar-refractivity contribution in [2.75, 3.05) is 13.2 Å². The average molecular weight is 306 g/mol. The van der Waals surface area contributed by atoms with Gasteiger partial charge in [0.15, 0.2) is 0 Å². The third-order valence-corrected chi connectivity index (χ3v) is 3.49. The normalized spacial score (nSPS) is 10.4. The fourth-order valence-corrected chi connectivity index (χ4v) is 2.40. The number of amides is 1. The Bertz CT molecular complexity index is 600. The summed E-state index contributed by atoms with van der Waals surface area (Å²) in [4.78, 5) is 11.9. The van der Waals surface area contributed by atoms with Gasteiger partial charge >= 0.3 is 0 Å². The first kappa shape index (κ1) is 15.4. The van der Waals surface area contributed by atoms with Gasteiger partial charge in [-0.3, -0.25) is 4.79 Å². The van der Waals surface area contributed by atoms with Crippen molar-refractivity contribution in [3.63, 3.8) is 0 Å². The molecule has 112 valence electrons. The predicted molar refractivity (Wildman–Crippen MR) is 81.2 cm³/mol. The van der Waals surface area contributed by atoms with Crippen LogP contribution in [0.15, 0.2) is 24.3 Å². The monoisotopic (exact) mass is 306 g/mol. The van der Waals surface area contributed by atoms with Gasteiger partial charge in [0.05, 0.1) is 13.0 Å². The molecule has 0 aliphatic carbocycles. The van der Waals surface area contributed by atoms with Crippen molar-refractivity contribution >= 4 is 17.2 Å². The maximum Gasteiger partial charge on any atom is 0.224 e. The van der Waals surface area contributed by atoms with Crippen molar-refractivity contribution in [2.24, 2.45) is 5.73 Å². The number of benzene rings is 1. The summed E-state index contributed by atoms with van der Waals surface area (Å²) in [6.45, 7) is 3.22. The van der Waals surface area contributed by atoms with Gasteiger partial charge in [0, 0.05) is 6.54 Å². The maximum absolute atomic E-state index is 11.9. The topological polar surface area (TPSA) is 90.1 Å². The molecule has 21 heavy (non-hydrogen) atoms. The summed E-state index contributed by atoms with van der Waals surface area (Å²) in [5.41, 5.74) is 6.29. The molecule has 0 saturated heterocycles. The van der Waals surface area contributed by atoms with Crippen molar-refractivity contribution in [3.8, 4) is 5.75 Å². The molecule has 7 heteroatoms. The highest BCUT2D eigenvalue weighted by molar-refractivity contribution is 7.11. The Hall–Kier alpha value is -1.99. The first-order chi connectivity index (χ1) is 10.2. The van der Waals surface area contributed by atoms with Crippen LogP contribution in [-0.2, 0) is 17.8 Å². The third kappa shape index (κ3) is 5.13. The van der Waals surface area contributed by atoms with E-state index in [-0.39, 0.29) is 5.91 Å². The van der Waals surface area contributed by atoms with E-state index >= 15 is 0 Å². The van der Waals surface area contributed by atoms with Gasteiger partial charge in [-0.25, -0.2) is 0 Å². The Balaban J connectivity index is 1.84. The Labute approximate surface area is 127 Å². The van der Waals surface area contributed by atoms with E-state index in [1.54, 1.807) is 0 Å². The lowest BCUT2D eigenvalue weighted by Crippen LogP contribution is -2.24. The minimum Gasteiger partial charge on any atom is -0.492 e. The van der Waals surface area contributed by atoms with Crippen LogP contribution < -0.4 is 15.8 Å². The van der Waals surface area contributed by atoms with Crippen LogP contribution in [0.5, 0.6) is 5.75 Å². The molecule has 2 rings (SSSR count). The first-order valence-corrected chi connectivity index (χ1v) is 7.46. The molecule has 1 aromatic carbocycles. The van der Waals surface area contributed by atoms with E-state index in [0.29, 0.717) is 26.1 Å². The Kier molecular flexibility index (Phi) is 5.65. The Morgan fingerprint density at radius 1 is 1.43 bits per heavy atom. The number of carbonyl (C=O) groups is 1. The highest BCUT2D eigenvalue weighted by Gasteiger charge is 2.06. The molecule has 0 bridgehead atoms. The van der Waals surface area contributed by atoms with Gasteiger partial charge in [-0.2, -0.15) is 0 Å². The number of aromatic nitrogens is 2. The van der Waals surface area contributed by atoms with Gasteiger partial charge in [-0.1, -0.05) is 23.5 Å². The molecule has 0 saturated carbocycles. The van der Waals surface area contributed by atoms with Gasteiger partial charge in [-0.05, 0) is 24.6 Å². The number of nitrogens with two attached hydrogens (primary N) is 1. The van der Waals surface area contributed by atoms with Crippen LogP contribution in [0.1, 0.15) is 15.6 Å². The zero-order valence-electron chi connectivity index (χ0n) is 11.8. The zero-order chi connectivity index (χ0) is 15.1. The van der Waals surface area contributed by atoms with Gasteiger partial charge in [-0.15, -0.1) is 10.2 Å². The lowest BCUT2D eigenvalue weighted by molar-refractivity contribution is -0.120. The van der Waals surface area contributed by atoms with Gasteiger partial charge in [0.25, 0.3) is 0 Å². The summed E-state index contributed by atoms with van der Waals surface area (Å²) in [5.74, 6) is 0.671. The molecule has 1 amide bonds. The summed E-state index contributed by atoms with van der Waals surface area (Å²) in [6.07, 6.45) is 0.303. The molecule has 0 aliphatic heterocycles. The number of hydrogen-bond acceptors (Lipinski definition) is 6. The Morgan fingerprint density at radius 3 is 3.00 bits per heavy atom. The molecule has 0 spiro atoms. The van der Waals surface area contributed by atoms with E-state index in [9.17, 15) is 4.79 Å². The van der Waals surface area contributed by atoms with Crippen LogP contribution in [0.3, 0.4) is 0 Å². The van der Waals surface area contributed by atoms with E-state index in [2.05, 4.69) is 15.5 Å². The van der Waals surface area contributed by atoms with Crippen molar-refractivity contribution < 1.29 is 9.53 Å². The molecule has 6 nitrogen and oxygen atoms in total. The lowest BCUT2D eigenvalue weighted by atomic mass is 10.1. The number of ether oxygens (including phenoxy) is 1. The second-order valence-electron chi connectivity index (χ2n) is 4.45. The van der Waals surface area contributed by atoms with Crippen LogP contribution in [0, 0.1) is 6.92 Å². The molecule has 0 fully saturated rings. The first-order valence-electron chi connectivity index (χ1n) is 6.65. The van der Waals surface area contributed by atoms with Gasteiger partial charge < -0.3 is 15.8 Å². The van der Waals surface area contributed by atoms with Gasteiger partial charge in [0.2, 0.25) is 5.91 Å². The fraction of sp³-hybridized carbons (Fsp3) is 0.357. The lowest BCUT2D eigenvalue weighted by Gasteiger charge is -2.07. The number of aryl methyl sites for hydroxylation is 1. The SMILES string of the molecule is Cc1nnc(CNC(=O)Cc2cccc(OCCN)c2)s1. The highest BCUT2D eigenvalue weighted by atomic mass is 32.1. The van der Waals surface area contributed by atoms with E-state index in [1.807, 2.05) is 31.2 Å². The number of nitrogens with zero attached hydrogens (tertiary/aromatic N) is 2. The standard InChI is InChI=1S/C14H18N4O2S/c1-10-17-18-14(21-10)9-16-13(19)8-11-3-2-4-12(7-11)20-6-5-15/h2-4,7H,5-6,8-9,15H2,1H3,(H,16,19). The van der Waals surface area contributed by atoms with Crippen molar-refractivity contribution in [2.45, 2.75) is 19.9 Å². The van der Waals surface area contributed by atoms with Crippen LogP contribution in [0.25, 0.3) is 0 Å². The average Bonchev–Trinajstić information content (AvgIpc) is 2.89. The number of hydrogen-bond donors (Lipinski definition) is 2. The molecule has 0 unspecified atom stereocenters. The summed E-state index contributed by atoms with van der Waals surface area (Å²) in [7, 11) is 0. The zero-order valence-corrected chi connectivity index (χ0v) is 12.7. The summed E-state index contributed by atoms with van der Waals surface area (Å²) in [5, 5.41) is 12.4. The molecule has 0 aliphatic rings. The Morgan fingerprint density at radius 2 is 2.29 bits per heavy atom. The number of carbonyl (C=O) groups excluding carboxylic acids is 1. The summed E-state index contributed by atoms with van der Waals surface area (Å²) >= 11 is 1.48. The van der Waals surface area contributed by atoms with Gasteiger partial charge in [0.1, 0.15) is 22.4 Å². The quantitative estimate of drug-likeness (QED) is 0.798. The largest absolute Gasteiger partial charge is 0.492 e. The summed E-state index contributed by atoms with van der Waals surface area (Å²) in [6, 6.07) is 7.46. The van der Waals surface area contributed by atoms with E-state index in [0.717, 1.165) is 21.3 Å². The van der Waals surface area contributed by atoms with E-state index < -0.39 is 0 Å². The molecule has 3 N–H and O–H groups in total. The molecule has 0 radical (unpaired) electrons. The van der Waals surface area contributed by atoms with Crippen molar-refractivity contribution in [1.29, 1.82) is 0 Å². The van der Waals surface area contributed by atoms with Crippen molar-refractivity contribution in [3.05, 3.63) is 39.8 Å². The second-order valence-corrected chi connectivity index (χ2v) is 5.72.